The smallest absolute Gasteiger partial charge is 0.260 e. The van der Waals surface area contributed by atoms with Crippen LogP contribution in [0.25, 0.3) is 0 Å². The highest BCUT2D eigenvalue weighted by Gasteiger charge is 2.31. The molecule has 3 rings (SSSR count). The summed E-state index contributed by atoms with van der Waals surface area (Å²) in [6.07, 6.45) is 3.36. The molecule has 0 aliphatic carbocycles. The molecule has 7 heteroatoms. The van der Waals surface area contributed by atoms with Crippen LogP contribution in [0.4, 0.5) is 5.95 Å². The van der Waals surface area contributed by atoms with E-state index in [1.165, 1.54) is 0 Å². The van der Waals surface area contributed by atoms with E-state index in [4.69, 9.17) is 9.47 Å². The normalized spacial score (nSPS) is 14.0. The Morgan fingerprint density at radius 1 is 1.22 bits per heavy atom. The lowest BCUT2D eigenvalue weighted by Gasteiger charge is -2.39. The molecule has 0 atom stereocenters. The zero-order chi connectivity index (χ0) is 16.1. The maximum atomic E-state index is 12.1. The summed E-state index contributed by atoms with van der Waals surface area (Å²) in [4.78, 5) is 22.0. The lowest BCUT2D eigenvalue weighted by Crippen LogP contribution is -2.58. The predicted molar refractivity (Wildman–Crippen MR) is 84.5 cm³/mol. The van der Waals surface area contributed by atoms with Gasteiger partial charge in [-0.3, -0.25) is 4.79 Å². The van der Waals surface area contributed by atoms with Crippen LogP contribution in [0.1, 0.15) is 0 Å². The number of para-hydroxylation sites is 2. The molecule has 1 aromatic carbocycles. The van der Waals surface area contributed by atoms with Crippen LogP contribution in [-0.4, -0.2) is 53.6 Å². The van der Waals surface area contributed by atoms with Crippen molar-refractivity contribution in [3.63, 3.8) is 0 Å². The number of ether oxygens (including phenoxy) is 2. The third kappa shape index (κ3) is 3.68. The molecular weight excluding hydrogens is 296 g/mol. The largest absolute Gasteiger partial charge is 0.493 e. The van der Waals surface area contributed by atoms with Crippen molar-refractivity contribution in [2.75, 3.05) is 32.1 Å². The molecule has 0 spiro atoms. The molecule has 2 aromatic rings. The lowest BCUT2D eigenvalue weighted by molar-refractivity contribution is -0.137. The maximum absolute atomic E-state index is 12.1. The third-order valence-electron chi connectivity index (χ3n) is 3.55. The van der Waals surface area contributed by atoms with Crippen molar-refractivity contribution in [2.45, 2.75) is 6.04 Å². The number of nitrogens with zero attached hydrogens (tertiary/aromatic N) is 3. The van der Waals surface area contributed by atoms with Gasteiger partial charge in [0.05, 0.1) is 13.2 Å². The Labute approximate surface area is 134 Å². The van der Waals surface area contributed by atoms with Crippen molar-refractivity contribution >= 4 is 11.9 Å². The van der Waals surface area contributed by atoms with Crippen LogP contribution >= 0.6 is 0 Å². The van der Waals surface area contributed by atoms with Crippen molar-refractivity contribution in [2.24, 2.45) is 0 Å². The van der Waals surface area contributed by atoms with Crippen LogP contribution in [0.15, 0.2) is 42.7 Å². The molecule has 7 nitrogen and oxygen atoms in total. The summed E-state index contributed by atoms with van der Waals surface area (Å²) in [7, 11) is 1.57. The first kappa shape index (κ1) is 15.1. The Balaban J connectivity index is 1.44. The minimum Gasteiger partial charge on any atom is -0.493 e. The van der Waals surface area contributed by atoms with Crippen molar-refractivity contribution in [3.05, 3.63) is 42.7 Å². The number of methoxy groups -OCH3 is 1. The number of carbonyl (C=O) groups excluding carboxylic acids is 1. The zero-order valence-corrected chi connectivity index (χ0v) is 12.8. The predicted octanol–water partition coefficient (Wildman–Crippen LogP) is 1.19. The Hall–Kier alpha value is -2.83. The summed E-state index contributed by atoms with van der Waals surface area (Å²) in [5.41, 5.74) is 0. The summed E-state index contributed by atoms with van der Waals surface area (Å²) in [5.74, 6) is 1.71. The van der Waals surface area contributed by atoms with E-state index in [9.17, 15) is 4.79 Å². The van der Waals surface area contributed by atoms with Gasteiger partial charge in [0.1, 0.15) is 0 Å². The number of carbonyl (C=O) groups is 1. The number of aromatic nitrogens is 2. The van der Waals surface area contributed by atoms with Crippen LogP contribution in [0.5, 0.6) is 11.5 Å². The molecule has 0 radical (unpaired) electrons. The van der Waals surface area contributed by atoms with Crippen LogP contribution in [-0.2, 0) is 4.79 Å². The number of likely N-dealkylation sites (tertiary alicyclic amines) is 1. The number of benzene rings is 1. The van der Waals surface area contributed by atoms with Gasteiger partial charge < -0.3 is 19.7 Å². The average Bonchev–Trinajstić information content (AvgIpc) is 2.56. The molecule has 120 valence electrons. The van der Waals surface area contributed by atoms with Gasteiger partial charge in [-0.15, -0.1) is 0 Å². The van der Waals surface area contributed by atoms with E-state index in [0.29, 0.717) is 30.5 Å². The first-order valence-electron chi connectivity index (χ1n) is 7.33. The zero-order valence-electron chi connectivity index (χ0n) is 12.8. The van der Waals surface area contributed by atoms with E-state index in [2.05, 4.69) is 15.3 Å². The summed E-state index contributed by atoms with van der Waals surface area (Å²) in [6, 6.07) is 9.20. The quantitative estimate of drug-likeness (QED) is 0.863. The highest BCUT2D eigenvalue weighted by Crippen LogP contribution is 2.25. The van der Waals surface area contributed by atoms with Crippen LogP contribution in [0, 0.1) is 0 Å². The first-order chi connectivity index (χ1) is 11.3. The molecule has 0 bridgehead atoms. The minimum absolute atomic E-state index is 0.00503. The third-order valence-corrected chi connectivity index (χ3v) is 3.55. The average molecular weight is 314 g/mol. The molecule has 0 unspecified atom stereocenters. The van der Waals surface area contributed by atoms with Crippen molar-refractivity contribution in [1.29, 1.82) is 0 Å². The van der Waals surface area contributed by atoms with Gasteiger partial charge in [-0.1, -0.05) is 12.1 Å². The minimum atomic E-state index is -0.0528. The fraction of sp³-hybridized carbons (Fsp3) is 0.312. The van der Waals surface area contributed by atoms with Gasteiger partial charge in [0, 0.05) is 25.5 Å². The van der Waals surface area contributed by atoms with Gasteiger partial charge >= 0.3 is 0 Å². The molecule has 1 saturated heterocycles. The molecule has 1 fully saturated rings. The molecule has 1 N–H and O–H groups in total. The van der Waals surface area contributed by atoms with E-state index in [1.807, 2.05) is 12.1 Å². The van der Waals surface area contributed by atoms with Gasteiger partial charge in [-0.2, -0.15) is 0 Å². The van der Waals surface area contributed by atoms with Crippen molar-refractivity contribution < 1.29 is 14.3 Å². The highest BCUT2D eigenvalue weighted by atomic mass is 16.5. The summed E-state index contributed by atoms with van der Waals surface area (Å²) < 4.78 is 10.7. The molecule has 23 heavy (non-hydrogen) atoms. The Bertz CT molecular complexity index is 659. The van der Waals surface area contributed by atoms with E-state index >= 15 is 0 Å². The highest BCUT2D eigenvalue weighted by molar-refractivity contribution is 5.79. The fourth-order valence-corrected chi connectivity index (χ4v) is 2.30. The van der Waals surface area contributed by atoms with Gasteiger partial charge in [0.25, 0.3) is 5.91 Å². The molecule has 1 aromatic heterocycles. The second-order valence-corrected chi connectivity index (χ2v) is 5.15. The van der Waals surface area contributed by atoms with Crippen LogP contribution in [0.2, 0.25) is 0 Å². The first-order valence-corrected chi connectivity index (χ1v) is 7.33. The Morgan fingerprint density at radius 2 is 1.91 bits per heavy atom. The van der Waals surface area contributed by atoms with Crippen molar-refractivity contribution in [1.82, 2.24) is 14.9 Å². The van der Waals surface area contributed by atoms with Crippen LogP contribution < -0.4 is 14.8 Å². The number of rotatable bonds is 6. The second-order valence-electron chi connectivity index (χ2n) is 5.15. The Morgan fingerprint density at radius 3 is 2.61 bits per heavy atom. The van der Waals surface area contributed by atoms with E-state index in [1.54, 1.807) is 42.6 Å². The van der Waals surface area contributed by atoms with E-state index in [0.717, 1.165) is 0 Å². The fourth-order valence-electron chi connectivity index (χ4n) is 2.30. The number of anilines is 1. The summed E-state index contributed by atoms with van der Waals surface area (Å²) >= 11 is 0. The monoisotopic (exact) mass is 314 g/mol. The molecule has 1 aliphatic rings. The van der Waals surface area contributed by atoms with Gasteiger partial charge in [0.15, 0.2) is 18.1 Å². The summed E-state index contributed by atoms with van der Waals surface area (Å²) in [5, 5.41) is 3.18. The maximum Gasteiger partial charge on any atom is 0.260 e. The van der Waals surface area contributed by atoms with E-state index in [-0.39, 0.29) is 18.6 Å². The lowest BCUT2D eigenvalue weighted by atomic mass is 10.1. The molecule has 0 saturated carbocycles. The second kappa shape index (κ2) is 6.95. The standard InChI is InChI=1S/C16H18N4O3/c1-22-13-5-2-3-6-14(13)23-11-15(21)20-9-12(10-20)19-16-17-7-4-8-18-16/h2-8,12H,9-11H2,1H3,(H,17,18,19). The van der Waals surface area contributed by atoms with Crippen LogP contribution in [0.3, 0.4) is 0 Å². The number of nitrogens with one attached hydrogen (secondary N) is 1. The number of amides is 1. The molecule has 2 heterocycles. The van der Waals surface area contributed by atoms with Crippen molar-refractivity contribution in [3.8, 4) is 11.5 Å². The van der Waals surface area contributed by atoms with Gasteiger partial charge in [-0.25, -0.2) is 9.97 Å². The molecular formula is C16H18N4O3. The molecule has 1 amide bonds. The molecule has 1 aliphatic heterocycles. The number of hydrogen-bond acceptors (Lipinski definition) is 6. The SMILES string of the molecule is COc1ccccc1OCC(=O)N1CC(Nc2ncccn2)C1. The van der Waals surface area contributed by atoms with Gasteiger partial charge in [0.2, 0.25) is 5.95 Å². The Kier molecular flexibility index (Phi) is 4.56. The summed E-state index contributed by atoms with van der Waals surface area (Å²) in [6.45, 7) is 1.23. The number of hydrogen-bond donors (Lipinski definition) is 1. The topological polar surface area (TPSA) is 76.6 Å². The van der Waals surface area contributed by atoms with Gasteiger partial charge in [-0.05, 0) is 18.2 Å². The van der Waals surface area contributed by atoms with E-state index < -0.39 is 0 Å².